The standard InChI is InChI=1S/C21H24BrN3O4S/c1-16(26)17-2-6-19(7-3-17)23-21(27)10-11-24-12-14-25(15-13-24)30(28,29)20-8-4-18(22)5-9-20/h2-9H,10-15H2,1H3,(H,23,27). The highest BCUT2D eigenvalue weighted by Crippen LogP contribution is 2.20. The van der Waals surface area contributed by atoms with Crippen molar-refractivity contribution in [3.63, 3.8) is 0 Å². The summed E-state index contributed by atoms with van der Waals surface area (Å²) in [6.45, 7) is 4.01. The molecule has 1 fully saturated rings. The normalized spacial score (nSPS) is 15.7. The summed E-state index contributed by atoms with van der Waals surface area (Å²) in [6, 6.07) is 13.4. The van der Waals surface area contributed by atoms with Crippen LogP contribution in [0.5, 0.6) is 0 Å². The molecule has 0 aromatic heterocycles. The Bertz CT molecular complexity index is 1000. The molecular weight excluding hydrogens is 470 g/mol. The highest BCUT2D eigenvalue weighted by atomic mass is 79.9. The lowest BCUT2D eigenvalue weighted by atomic mass is 10.1. The van der Waals surface area contributed by atoms with E-state index < -0.39 is 10.0 Å². The molecule has 1 aliphatic heterocycles. The van der Waals surface area contributed by atoms with Gasteiger partial charge in [0, 0.05) is 54.9 Å². The molecule has 160 valence electrons. The van der Waals surface area contributed by atoms with E-state index in [0.717, 1.165) is 4.47 Å². The minimum Gasteiger partial charge on any atom is -0.326 e. The summed E-state index contributed by atoms with van der Waals surface area (Å²) in [5.41, 5.74) is 1.25. The highest BCUT2D eigenvalue weighted by Gasteiger charge is 2.28. The van der Waals surface area contributed by atoms with Gasteiger partial charge < -0.3 is 10.2 Å². The Hall–Kier alpha value is -2.07. The van der Waals surface area contributed by atoms with Gasteiger partial charge in [-0.2, -0.15) is 4.31 Å². The first-order valence-corrected chi connectivity index (χ1v) is 11.9. The van der Waals surface area contributed by atoms with Gasteiger partial charge in [0.05, 0.1) is 4.90 Å². The number of amides is 1. The number of carbonyl (C=O) groups excluding carboxylic acids is 2. The Balaban J connectivity index is 1.46. The van der Waals surface area contributed by atoms with Crippen LogP contribution in [0.2, 0.25) is 0 Å². The van der Waals surface area contributed by atoms with Gasteiger partial charge in [-0.3, -0.25) is 9.59 Å². The summed E-state index contributed by atoms with van der Waals surface area (Å²) in [4.78, 5) is 25.9. The van der Waals surface area contributed by atoms with Crippen molar-refractivity contribution in [2.24, 2.45) is 0 Å². The number of hydrogen-bond acceptors (Lipinski definition) is 5. The molecule has 1 saturated heterocycles. The fraction of sp³-hybridized carbons (Fsp3) is 0.333. The number of anilines is 1. The van der Waals surface area contributed by atoms with Crippen LogP contribution in [0.15, 0.2) is 57.9 Å². The Labute approximate surface area is 185 Å². The smallest absolute Gasteiger partial charge is 0.243 e. The van der Waals surface area contributed by atoms with E-state index in [0.29, 0.717) is 50.4 Å². The molecule has 0 aliphatic carbocycles. The van der Waals surface area contributed by atoms with Crippen LogP contribution in [0.25, 0.3) is 0 Å². The average Bonchev–Trinajstić information content (AvgIpc) is 2.73. The average molecular weight is 494 g/mol. The van der Waals surface area contributed by atoms with Crippen molar-refractivity contribution in [2.45, 2.75) is 18.2 Å². The molecule has 0 spiro atoms. The second kappa shape index (κ2) is 9.82. The summed E-state index contributed by atoms with van der Waals surface area (Å²) in [6.07, 6.45) is 0.313. The van der Waals surface area contributed by atoms with Crippen LogP contribution in [-0.4, -0.2) is 62.0 Å². The number of nitrogens with zero attached hydrogens (tertiary/aromatic N) is 2. The summed E-state index contributed by atoms with van der Waals surface area (Å²) < 4.78 is 27.8. The number of benzene rings is 2. The Morgan fingerprint density at radius 3 is 2.13 bits per heavy atom. The number of sulfonamides is 1. The largest absolute Gasteiger partial charge is 0.326 e. The van der Waals surface area contributed by atoms with Gasteiger partial charge in [0.15, 0.2) is 5.78 Å². The van der Waals surface area contributed by atoms with Gasteiger partial charge in [0.25, 0.3) is 0 Å². The van der Waals surface area contributed by atoms with Gasteiger partial charge in [0.2, 0.25) is 15.9 Å². The van der Waals surface area contributed by atoms with Crippen molar-refractivity contribution in [3.05, 3.63) is 58.6 Å². The number of ketones is 1. The van der Waals surface area contributed by atoms with Crippen LogP contribution in [0, 0.1) is 0 Å². The monoisotopic (exact) mass is 493 g/mol. The maximum atomic E-state index is 12.7. The van der Waals surface area contributed by atoms with Gasteiger partial charge in [-0.1, -0.05) is 15.9 Å². The maximum absolute atomic E-state index is 12.7. The molecule has 0 atom stereocenters. The molecule has 2 aromatic rings. The van der Waals surface area contributed by atoms with Crippen molar-refractivity contribution >= 4 is 43.3 Å². The number of hydrogen-bond donors (Lipinski definition) is 1. The third-order valence-corrected chi connectivity index (χ3v) is 7.45. The van der Waals surface area contributed by atoms with Gasteiger partial charge >= 0.3 is 0 Å². The van der Waals surface area contributed by atoms with Gasteiger partial charge in [-0.05, 0) is 55.5 Å². The maximum Gasteiger partial charge on any atom is 0.243 e. The number of piperazine rings is 1. The van der Waals surface area contributed by atoms with Crippen LogP contribution in [0.3, 0.4) is 0 Å². The molecule has 30 heavy (non-hydrogen) atoms. The predicted octanol–water partition coefficient (Wildman–Crippen LogP) is 2.99. The Morgan fingerprint density at radius 1 is 0.967 bits per heavy atom. The molecule has 2 aromatic carbocycles. The van der Waals surface area contributed by atoms with Crippen LogP contribution < -0.4 is 5.32 Å². The molecule has 0 unspecified atom stereocenters. The van der Waals surface area contributed by atoms with Crippen molar-refractivity contribution in [1.29, 1.82) is 0 Å². The number of rotatable bonds is 7. The van der Waals surface area contributed by atoms with Crippen LogP contribution >= 0.6 is 15.9 Å². The molecule has 9 heteroatoms. The van der Waals surface area contributed by atoms with Gasteiger partial charge in [-0.25, -0.2) is 8.42 Å². The molecule has 1 aliphatic rings. The third-order valence-electron chi connectivity index (χ3n) is 5.01. The van der Waals surface area contributed by atoms with Crippen molar-refractivity contribution in [2.75, 3.05) is 38.0 Å². The van der Waals surface area contributed by atoms with Crippen molar-refractivity contribution in [3.8, 4) is 0 Å². The zero-order chi connectivity index (χ0) is 21.7. The van der Waals surface area contributed by atoms with E-state index >= 15 is 0 Å². The molecule has 1 heterocycles. The molecule has 3 rings (SSSR count). The lowest BCUT2D eigenvalue weighted by Gasteiger charge is -2.33. The third kappa shape index (κ3) is 5.75. The van der Waals surface area contributed by atoms with Crippen molar-refractivity contribution in [1.82, 2.24) is 9.21 Å². The topological polar surface area (TPSA) is 86.8 Å². The van der Waals surface area contributed by atoms with E-state index in [9.17, 15) is 18.0 Å². The first kappa shape index (κ1) is 22.6. The fourth-order valence-corrected chi connectivity index (χ4v) is 4.91. The number of nitrogens with one attached hydrogen (secondary N) is 1. The van der Waals surface area contributed by atoms with Crippen LogP contribution in [-0.2, 0) is 14.8 Å². The van der Waals surface area contributed by atoms with Crippen LogP contribution in [0.4, 0.5) is 5.69 Å². The zero-order valence-electron chi connectivity index (χ0n) is 16.7. The molecule has 0 radical (unpaired) electrons. The van der Waals surface area contributed by atoms with Crippen molar-refractivity contribution < 1.29 is 18.0 Å². The fourth-order valence-electron chi connectivity index (χ4n) is 3.22. The second-order valence-electron chi connectivity index (χ2n) is 7.13. The first-order chi connectivity index (χ1) is 14.3. The Morgan fingerprint density at radius 2 is 1.57 bits per heavy atom. The van der Waals surface area contributed by atoms with Crippen LogP contribution in [0.1, 0.15) is 23.7 Å². The van der Waals surface area contributed by atoms with Gasteiger partial charge in [-0.15, -0.1) is 0 Å². The minimum absolute atomic E-state index is 0.0193. The summed E-state index contributed by atoms with van der Waals surface area (Å²) in [7, 11) is -3.50. The summed E-state index contributed by atoms with van der Waals surface area (Å²) in [5.74, 6) is -0.135. The number of halogens is 1. The number of carbonyl (C=O) groups is 2. The van der Waals surface area contributed by atoms with Gasteiger partial charge in [0.1, 0.15) is 0 Å². The molecule has 7 nitrogen and oxygen atoms in total. The Kier molecular flexibility index (Phi) is 7.41. The van der Waals surface area contributed by atoms with E-state index in [1.165, 1.54) is 11.2 Å². The molecule has 0 bridgehead atoms. The highest BCUT2D eigenvalue weighted by molar-refractivity contribution is 9.10. The molecule has 1 amide bonds. The predicted molar refractivity (Wildman–Crippen MR) is 119 cm³/mol. The lowest BCUT2D eigenvalue weighted by molar-refractivity contribution is -0.116. The summed E-state index contributed by atoms with van der Waals surface area (Å²) >= 11 is 3.31. The van der Waals surface area contributed by atoms with E-state index in [1.807, 2.05) is 0 Å². The van der Waals surface area contributed by atoms with E-state index in [2.05, 4.69) is 26.1 Å². The molecule has 1 N–H and O–H groups in total. The second-order valence-corrected chi connectivity index (χ2v) is 9.98. The minimum atomic E-state index is -3.50. The summed E-state index contributed by atoms with van der Waals surface area (Å²) in [5, 5.41) is 2.82. The zero-order valence-corrected chi connectivity index (χ0v) is 19.1. The lowest BCUT2D eigenvalue weighted by Crippen LogP contribution is -2.49. The van der Waals surface area contributed by atoms with E-state index in [4.69, 9.17) is 0 Å². The quantitative estimate of drug-likeness (QED) is 0.599. The van der Waals surface area contributed by atoms with E-state index in [1.54, 1.807) is 48.5 Å². The SMILES string of the molecule is CC(=O)c1ccc(NC(=O)CCN2CCN(S(=O)(=O)c3ccc(Br)cc3)CC2)cc1. The molecule has 0 saturated carbocycles. The first-order valence-electron chi connectivity index (χ1n) is 9.64. The van der Waals surface area contributed by atoms with E-state index in [-0.39, 0.29) is 16.6 Å². The molecular formula is C21H24BrN3O4S. The number of Topliss-reactive ketones (excluding diaryl/α,β-unsaturated/α-hetero) is 1.